The van der Waals surface area contributed by atoms with Gasteiger partial charge >= 0.3 is 0 Å². The third-order valence-corrected chi connectivity index (χ3v) is 3.52. The summed E-state index contributed by atoms with van der Waals surface area (Å²) in [6, 6.07) is 13.9. The molecule has 1 aromatic heterocycles. The van der Waals surface area contributed by atoms with Gasteiger partial charge in [-0.3, -0.25) is 9.78 Å². The van der Waals surface area contributed by atoms with Crippen molar-refractivity contribution in [2.75, 3.05) is 14.1 Å². The van der Waals surface area contributed by atoms with Crippen LogP contribution in [0.2, 0.25) is 0 Å². The normalized spacial score (nSPS) is 10.7. The van der Waals surface area contributed by atoms with E-state index in [-0.39, 0.29) is 11.7 Å². The second-order valence-corrected chi connectivity index (χ2v) is 5.34. The molecule has 22 heavy (non-hydrogen) atoms. The van der Waals surface area contributed by atoms with Crippen LogP contribution in [0.1, 0.15) is 10.4 Å². The Morgan fingerprint density at radius 3 is 2.41 bits per heavy atom. The average Bonchev–Trinajstić information content (AvgIpc) is 2.53. The van der Waals surface area contributed by atoms with Gasteiger partial charge in [-0.2, -0.15) is 0 Å². The van der Waals surface area contributed by atoms with Crippen molar-refractivity contribution in [3.8, 4) is 11.1 Å². The molecule has 1 amide bonds. The third-order valence-electron chi connectivity index (χ3n) is 3.52. The topological polar surface area (TPSA) is 33.2 Å². The van der Waals surface area contributed by atoms with Crippen molar-refractivity contribution in [3.05, 3.63) is 66.1 Å². The minimum atomic E-state index is -0.292. The number of halogens is 1. The van der Waals surface area contributed by atoms with E-state index in [4.69, 9.17) is 0 Å². The van der Waals surface area contributed by atoms with E-state index in [9.17, 15) is 9.18 Å². The Morgan fingerprint density at radius 2 is 1.73 bits per heavy atom. The van der Waals surface area contributed by atoms with Crippen LogP contribution in [0.4, 0.5) is 4.39 Å². The summed E-state index contributed by atoms with van der Waals surface area (Å²) in [5, 5.41) is 0.882. The minimum absolute atomic E-state index is 0.0290. The minimum Gasteiger partial charge on any atom is -0.345 e. The van der Waals surface area contributed by atoms with Crippen LogP contribution < -0.4 is 0 Å². The van der Waals surface area contributed by atoms with E-state index in [1.54, 1.807) is 43.4 Å². The van der Waals surface area contributed by atoms with Crippen molar-refractivity contribution < 1.29 is 9.18 Å². The molecule has 2 aromatic carbocycles. The second kappa shape index (κ2) is 5.56. The fourth-order valence-corrected chi connectivity index (χ4v) is 2.32. The zero-order chi connectivity index (χ0) is 15.7. The highest BCUT2D eigenvalue weighted by molar-refractivity contribution is 5.94. The third kappa shape index (κ3) is 2.68. The van der Waals surface area contributed by atoms with Crippen LogP contribution >= 0.6 is 0 Å². The second-order valence-electron chi connectivity index (χ2n) is 5.34. The Kier molecular flexibility index (Phi) is 3.59. The van der Waals surface area contributed by atoms with Crippen molar-refractivity contribution in [2.45, 2.75) is 0 Å². The van der Waals surface area contributed by atoms with Crippen molar-refractivity contribution >= 4 is 16.8 Å². The maximum absolute atomic E-state index is 13.2. The number of carbonyl (C=O) groups excluding carboxylic acids is 1. The summed E-state index contributed by atoms with van der Waals surface area (Å²) in [5.74, 6) is -0.321. The first-order valence-corrected chi connectivity index (χ1v) is 6.92. The Hall–Kier alpha value is -2.75. The summed E-state index contributed by atoms with van der Waals surface area (Å²) in [4.78, 5) is 17.7. The zero-order valence-corrected chi connectivity index (χ0v) is 12.4. The molecule has 0 bridgehead atoms. The van der Waals surface area contributed by atoms with Gasteiger partial charge in [0.2, 0.25) is 0 Å². The van der Waals surface area contributed by atoms with E-state index in [2.05, 4.69) is 4.98 Å². The van der Waals surface area contributed by atoms with E-state index in [1.807, 2.05) is 18.2 Å². The molecule has 0 aliphatic rings. The number of carbonyl (C=O) groups is 1. The molecule has 0 aliphatic heterocycles. The standard InChI is InChI=1S/C18H15FN2O/c1-21(2)18(22)13-5-3-12(4-6-13)15-9-14-7-8-16(19)10-17(14)20-11-15/h3-11H,1-2H3. The number of hydrogen-bond acceptors (Lipinski definition) is 2. The van der Waals surface area contributed by atoms with E-state index < -0.39 is 0 Å². The predicted octanol–water partition coefficient (Wildman–Crippen LogP) is 3.74. The molecular formula is C18H15FN2O. The molecule has 0 N–H and O–H groups in total. The fraction of sp³-hybridized carbons (Fsp3) is 0.111. The summed E-state index contributed by atoms with van der Waals surface area (Å²) < 4.78 is 13.2. The molecule has 0 fully saturated rings. The molecule has 0 unspecified atom stereocenters. The van der Waals surface area contributed by atoms with Gasteiger partial charge in [0, 0.05) is 42.9 Å². The summed E-state index contributed by atoms with van der Waals surface area (Å²) in [6.07, 6.45) is 1.71. The molecule has 3 nitrogen and oxygen atoms in total. The summed E-state index contributed by atoms with van der Waals surface area (Å²) in [5.41, 5.74) is 3.17. The van der Waals surface area contributed by atoms with Gasteiger partial charge in [0.05, 0.1) is 5.52 Å². The maximum atomic E-state index is 13.2. The van der Waals surface area contributed by atoms with Crippen LogP contribution in [0.3, 0.4) is 0 Å². The van der Waals surface area contributed by atoms with Crippen LogP contribution in [-0.2, 0) is 0 Å². The monoisotopic (exact) mass is 294 g/mol. The molecule has 1 heterocycles. The van der Waals surface area contributed by atoms with Gasteiger partial charge in [0.1, 0.15) is 5.82 Å². The number of rotatable bonds is 2. The molecular weight excluding hydrogens is 279 g/mol. The van der Waals surface area contributed by atoms with Crippen LogP contribution in [0.5, 0.6) is 0 Å². The lowest BCUT2D eigenvalue weighted by Crippen LogP contribution is -2.21. The van der Waals surface area contributed by atoms with E-state index in [0.717, 1.165) is 16.5 Å². The zero-order valence-electron chi connectivity index (χ0n) is 12.4. The van der Waals surface area contributed by atoms with E-state index in [1.165, 1.54) is 12.1 Å². The Bertz CT molecular complexity index is 841. The first kappa shape index (κ1) is 14.2. The Balaban J connectivity index is 1.97. The van der Waals surface area contributed by atoms with Crippen molar-refractivity contribution in [2.24, 2.45) is 0 Å². The summed E-state index contributed by atoms with van der Waals surface area (Å²) in [6.45, 7) is 0. The highest BCUT2D eigenvalue weighted by Crippen LogP contribution is 2.23. The lowest BCUT2D eigenvalue weighted by molar-refractivity contribution is 0.0827. The highest BCUT2D eigenvalue weighted by Gasteiger charge is 2.08. The average molecular weight is 294 g/mol. The fourth-order valence-electron chi connectivity index (χ4n) is 2.32. The number of aromatic nitrogens is 1. The quantitative estimate of drug-likeness (QED) is 0.721. The molecule has 110 valence electrons. The number of pyridine rings is 1. The molecule has 4 heteroatoms. The van der Waals surface area contributed by atoms with Gasteiger partial charge in [0.25, 0.3) is 5.91 Å². The first-order valence-electron chi connectivity index (χ1n) is 6.92. The molecule has 3 aromatic rings. The number of hydrogen-bond donors (Lipinski definition) is 0. The van der Waals surface area contributed by atoms with Gasteiger partial charge in [-0.25, -0.2) is 4.39 Å². The van der Waals surface area contributed by atoms with Crippen LogP contribution in [-0.4, -0.2) is 29.9 Å². The Labute approximate surface area is 128 Å². The van der Waals surface area contributed by atoms with Crippen molar-refractivity contribution in [1.82, 2.24) is 9.88 Å². The number of amides is 1. The van der Waals surface area contributed by atoms with Gasteiger partial charge < -0.3 is 4.90 Å². The van der Waals surface area contributed by atoms with E-state index in [0.29, 0.717) is 11.1 Å². The largest absolute Gasteiger partial charge is 0.345 e. The van der Waals surface area contributed by atoms with Crippen LogP contribution in [0.25, 0.3) is 22.0 Å². The summed E-state index contributed by atoms with van der Waals surface area (Å²) >= 11 is 0. The van der Waals surface area contributed by atoms with Crippen molar-refractivity contribution in [3.63, 3.8) is 0 Å². The van der Waals surface area contributed by atoms with Gasteiger partial charge in [-0.1, -0.05) is 12.1 Å². The lowest BCUT2D eigenvalue weighted by Gasteiger charge is -2.10. The van der Waals surface area contributed by atoms with Gasteiger partial charge in [-0.15, -0.1) is 0 Å². The number of nitrogens with zero attached hydrogens (tertiary/aromatic N) is 2. The molecule has 0 saturated heterocycles. The predicted molar refractivity (Wildman–Crippen MR) is 85.2 cm³/mol. The van der Waals surface area contributed by atoms with Gasteiger partial charge in [-0.05, 0) is 35.9 Å². The molecule has 0 spiro atoms. The smallest absolute Gasteiger partial charge is 0.253 e. The molecule has 0 saturated carbocycles. The maximum Gasteiger partial charge on any atom is 0.253 e. The number of fused-ring (bicyclic) bond motifs is 1. The molecule has 0 atom stereocenters. The van der Waals surface area contributed by atoms with Crippen molar-refractivity contribution in [1.29, 1.82) is 0 Å². The first-order chi connectivity index (χ1) is 10.5. The number of benzene rings is 2. The molecule has 3 rings (SSSR count). The van der Waals surface area contributed by atoms with E-state index >= 15 is 0 Å². The highest BCUT2D eigenvalue weighted by atomic mass is 19.1. The Morgan fingerprint density at radius 1 is 1.00 bits per heavy atom. The SMILES string of the molecule is CN(C)C(=O)c1ccc(-c2cnc3cc(F)ccc3c2)cc1. The lowest BCUT2D eigenvalue weighted by atomic mass is 10.0. The molecule has 0 radical (unpaired) electrons. The molecule has 0 aliphatic carbocycles. The summed E-state index contributed by atoms with van der Waals surface area (Å²) in [7, 11) is 3.45. The van der Waals surface area contributed by atoms with Crippen LogP contribution in [0.15, 0.2) is 54.7 Å². The van der Waals surface area contributed by atoms with Gasteiger partial charge in [0.15, 0.2) is 0 Å². The van der Waals surface area contributed by atoms with Crippen LogP contribution in [0, 0.1) is 5.82 Å².